The van der Waals surface area contributed by atoms with E-state index in [9.17, 15) is 23.3 Å². The molecule has 0 atom stereocenters. The topological polar surface area (TPSA) is 56.0 Å². The summed E-state index contributed by atoms with van der Waals surface area (Å²) in [5, 5.41) is 10.2. The van der Waals surface area contributed by atoms with Crippen molar-refractivity contribution < 1.29 is 18.1 Å². The molecule has 0 aliphatic carbocycles. The molecule has 0 N–H and O–H groups in total. The van der Waals surface area contributed by atoms with Gasteiger partial charge in [-0.2, -0.15) is 13.2 Å². The molecule has 0 bridgehead atoms. The standard InChI is InChI=1S/C6H2BrF3N2O2/c7-4-2-11-5(12(13)14)1-3(4)6(8,9)10/h1-2H. The molecule has 1 aromatic rings. The highest BCUT2D eigenvalue weighted by atomic mass is 79.9. The number of nitro groups is 1. The lowest BCUT2D eigenvalue weighted by Gasteiger charge is -2.06. The van der Waals surface area contributed by atoms with Crippen LogP contribution in [0.25, 0.3) is 0 Å². The zero-order valence-electron chi connectivity index (χ0n) is 6.38. The summed E-state index contributed by atoms with van der Waals surface area (Å²) in [7, 11) is 0. The van der Waals surface area contributed by atoms with E-state index in [1.54, 1.807) is 0 Å². The fourth-order valence-corrected chi connectivity index (χ4v) is 1.19. The molecule has 0 fully saturated rings. The average molecular weight is 271 g/mol. The van der Waals surface area contributed by atoms with Gasteiger partial charge in [-0.1, -0.05) is 0 Å². The molecule has 0 spiro atoms. The molecule has 4 nitrogen and oxygen atoms in total. The van der Waals surface area contributed by atoms with E-state index in [1.165, 1.54) is 0 Å². The van der Waals surface area contributed by atoms with Crippen LogP contribution in [0.5, 0.6) is 0 Å². The van der Waals surface area contributed by atoms with Crippen molar-refractivity contribution in [2.75, 3.05) is 0 Å². The molecule has 0 radical (unpaired) electrons. The Morgan fingerprint density at radius 1 is 1.50 bits per heavy atom. The normalized spacial score (nSPS) is 11.4. The molecule has 0 aliphatic rings. The Labute approximate surface area is 84.0 Å². The smallest absolute Gasteiger partial charge is 0.358 e. The maximum absolute atomic E-state index is 12.2. The van der Waals surface area contributed by atoms with Gasteiger partial charge >= 0.3 is 12.0 Å². The van der Waals surface area contributed by atoms with Gasteiger partial charge in [0.1, 0.15) is 0 Å². The zero-order valence-corrected chi connectivity index (χ0v) is 7.96. The fourth-order valence-electron chi connectivity index (χ4n) is 0.745. The molecule has 1 aromatic heterocycles. The van der Waals surface area contributed by atoms with Crippen LogP contribution in [0, 0.1) is 10.1 Å². The van der Waals surface area contributed by atoms with E-state index in [2.05, 4.69) is 20.9 Å². The number of hydrogen-bond acceptors (Lipinski definition) is 3. The molecule has 14 heavy (non-hydrogen) atoms. The molecule has 76 valence electrons. The van der Waals surface area contributed by atoms with E-state index in [0.29, 0.717) is 6.07 Å². The summed E-state index contributed by atoms with van der Waals surface area (Å²) < 4.78 is 36.3. The van der Waals surface area contributed by atoms with Crippen molar-refractivity contribution in [3.05, 3.63) is 32.4 Å². The van der Waals surface area contributed by atoms with Crippen molar-refractivity contribution in [1.82, 2.24) is 4.98 Å². The van der Waals surface area contributed by atoms with Crippen LogP contribution in [0.3, 0.4) is 0 Å². The lowest BCUT2D eigenvalue weighted by atomic mass is 10.2. The Bertz CT molecular complexity index is 380. The van der Waals surface area contributed by atoms with Gasteiger partial charge in [-0.25, -0.2) is 0 Å². The first-order chi connectivity index (χ1) is 6.32. The highest BCUT2D eigenvalue weighted by Gasteiger charge is 2.35. The van der Waals surface area contributed by atoms with Crippen molar-refractivity contribution in [3.8, 4) is 0 Å². The van der Waals surface area contributed by atoms with Crippen LogP contribution in [0.2, 0.25) is 0 Å². The van der Waals surface area contributed by atoms with Gasteiger partial charge in [0.05, 0.1) is 10.0 Å². The summed E-state index contributed by atoms with van der Waals surface area (Å²) in [5.74, 6) is -0.833. The number of rotatable bonds is 1. The van der Waals surface area contributed by atoms with Gasteiger partial charge in [-0.3, -0.25) is 0 Å². The maximum atomic E-state index is 12.2. The lowest BCUT2D eigenvalue weighted by molar-refractivity contribution is -0.389. The summed E-state index contributed by atoms with van der Waals surface area (Å²) >= 11 is 2.61. The first-order valence-electron chi connectivity index (χ1n) is 3.19. The summed E-state index contributed by atoms with van der Waals surface area (Å²) in [6, 6.07) is 0.379. The van der Waals surface area contributed by atoms with Crippen LogP contribution in [0.4, 0.5) is 19.0 Å². The van der Waals surface area contributed by atoms with E-state index in [4.69, 9.17) is 0 Å². The minimum absolute atomic E-state index is 0.324. The molecule has 8 heteroatoms. The highest BCUT2D eigenvalue weighted by Crippen LogP contribution is 2.35. The number of hydrogen-bond donors (Lipinski definition) is 0. The molecule has 1 rings (SSSR count). The highest BCUT2D eigenvalue weighted by molar-refractivity contribution is 9.10. The summed E-state index contributed by atoms with van der Waals surface area (Å²) in [4.78, 5) is 12.4. The summed E-state index contributed by atoms with van der Waals surface area (Å²) in [6.45, 7) is 0. The van der Waals surface area contributed by atoms with Crippen molar-refractivity contribution in [2.24, 2.45) is 0 Å². The fraction of sp³-hybridized carbons (Fsp3) is 0.167. The average Bonchev–Trinajstić information content (AvgIpc) is 2.02. The monoisotopic (exact) mass is 270 g/mol. The van der Waals surface area contributed by atoms with Gasteiger partial charge in [0.25, 0.3) is 0 Å². The maximum Gasteiger partial charge on any atom is 0.417 e. The van der Waals surface area contributed by atoms with Crippen molar-refractivity contribution in [2.45, 2.75) is 6.18 Å². The molecule has 0 saturated heterocycles. The Morgan fingerprint density at radius 3 is 2.50 bits per heavy atom. The first kappa shape index (κ1) is 10.9. The second-order valence-electron chi connectivity index (χ2n) is 2.28. The molecule has 0 aliphatic heterocycles. The van der Waals surface area contributed by atoms with Gasteiger partial charge in [0.2, 0.25) is 0 Å². The van der Waals surface area contributed by atoms with Gasteiger partial charge in [-0.15, -0.1) is 0 Å². The molecule has 0 unspecified atom stereocenters. The zero-order chi connectivity index (χ0) is 10.9. The van der Waals surface area contributed by atoms with E-state index in [-0.39, 0.29) is 4.47 Å². The predicted octanol–water partition coefficient (Wildman–Crippen LogP) is 2.77. The Kier molecular flexibility index (Phi) is 2.74. The first-order valence-corrected chi connectivity index (χ1v) is 3.99. The third-order valence-electron chi connectivity index (χ3n) is 1.33. The minimum atomic E-state index is -4.63. The van der Waals surface area contributed by atoms with E-state index in [0.717, 1.165) is 6.20 Å². The Balaban J connectivity index is 3.29. The van der Waals surface area contributed by atoms with Gasteiger partial charge in [0.15, 0.2) is 6.20 Å². The van der Waals surface area contributed by atoms with E-state index < -0.39 is 22.5 Å². The molecule has 0 saturated carbocycles. The Hall–Kier alpha value is -1.18. The largest absolute Gasteiger partial charge is 0.417 e. The Morgan fingerprint density at radius 2 is 2.07 bits per heavy atom. The molecule has 0 amide bonds. The number of alkyl halides is 3. The van der Waals surface area contributed by atoms with Crippen LogP contribution >= 0.6 is 15.9 Å². The number of nitrogens with zero attached hydrogens (tertiary/aromatic N) is 2. The van der Waals surface area contributed by atoms with E-state index in [1.807, 2.05) is 0 Å². The number of aromatic nitrogens is 1. The van der Waals surface area contributed by atoms with Crippen LogP contribution in [0.1, 0.15) is 5.56 Å². The molecule has 1 heterocycles. The predicted molar refractivity (Wildman–Crippen MR) is 43.6 cm³/mol. The van der Waals surface area contributed by atoms with Crippen molar-refractivity contribution in [1.29, 1.82) is 0 Å². The van der Waals surface area contributed by atoms with E-state index >= 15 is 0 Å². The summed E-state index contributed by atoms with van der Waals surface area (Å²) in [6.07, 6.45) is -3.88. The third-order valence-corrected chi connectivity index (χ3v) is 1.97. The third kappa shape index (κ3) is 2.19. The molecule has 0 aromatic carbocycles. The number of pyridine rings is 1. The van der Waals surface area contributed by atoms with Crippen LogP contribution in [-0.4, -0.2) is 9.91 Å². The van der Waals surface area contributed by atoms with Crippen molar-refractivity contribution >= 4 is 21.7 Å². The lowest BCUT2D eigenvalue weighted by Crippen LogP contribution is -2.07. The second-order valence-corrected chi connectivity index (χ2v) is 3.13. The van der Waals surface area contributed by atoms with Crippen LogP contribution < -0.4 is 0 Å². The van der Waals surface area contributed by atoms with Gasteiger partial charge < -0.3 is 10.1 Å². The molecular formula is C6H2BrF3N2O2. The number of halogens is 4. The van der Waals surface area contributed by atoms with Crippen molar-refractivity contribution in [3.63, 3.8) is 0 Å². The van der Waals surface area contributed by atoms with Crippen LogP contribution in [0.15, 0.2) is 16.7 Å². The minimum Gasteiger partial charge on any atom is -0.358 e. The quantitative estimate of drug-likeness (QED) is 0.582. The molecular weight excluding hydrogens is 269 g/mol. The van der Waals surface area contributed by atoms with Gasteiger partial charge in [-0.05, 0) is 25.8 Å². The summed E-state index contributed by atoms with van der Waals surface area (Å²) in [5.41, 5.74) is -1.11. The second kappa shape index (κ2) is 3.52. The SMILES string of the molecule is O=[N+]([O-])c1cc(C(F)(F)F)c(Br)cn1. The van der Waals surface area contributed by atoms with Crippen LogP contribution in [-0.2, 0) is 6.18 Å². The van der Waals surface area contributed by atoms with Gasteiger partial charge in [0, 0.05) is 6.07 Å².